The Morgan fingerprint density at radius 1 is 1.17 bits per heavy atom. The number of hydrogen-bond donors (Lipinski definition) is 1. The molecule has 0 spiro atoms. The van der Waals surface area contributed by atoms with Gasteiger partial charge in [-0.3, -0.25) is 0 Å². The van der Waals surface area contributed by atoms with Crippen LogP contribution in [-0.2, 0) is 0 Å². The molecule has 0 aliphatic rings. The first-order chi connectivity index (χ1) is 8.86. The summed E-state index contributed by atoms with van der Waals surface area (Å²) in [6.45, 7) is 0. The van der Waals surface area contributed by atoms with Crippen molar-refractivity contribution in [2.75, 3.05) is 0 Å². The molecule has 5 nitrogen and oxygen atoms in total. The first-order valence-electron chi connectivity index (χ1n) is 5.40. The molecular formula is C12H10N4OS. The number of aliphatic hydroxyl groups is 1. The van der Waals surface area contributed by atoms with Crippen molar-refractivity contribution in [1.29, 1.82) is 0 Å². The van der Waals surface area contributed by atoms with Gasteiger partial charge in [-0.05, 0) is 29.7 Å². The molecule has 0 saturated heterocycles. The van der Waals surface area contributed by atoms with Gasteiger partial charge in [0.15, 0.2) is 0 Å². The van der Waals surface area contributed by atoms with Crippen LogP contribution in [0.25, 0.3) is 5.69 Å². The highest BCUT2D eigenvalue weighted by Crippen LogP contribution is 2.22. The molecule has 3 rings (SSSR count). The lowest BCUT2D eigenvalue weighted by Gasteiger charge is -2.11. The minimum atomic E-state index is -0.813. The third-order valence-corrected chi connectivity index (χ3v) is 3.13. The van der Waals surface area contributed by atoms with Crippen LogP contribution in [0.5, 0.6) is 0 Å². The molecule has 0 amide bonds. The van der Waals surface area contributed by atoms with Gasteiger partial charge in [0.25, 0.3) is 0 Å². The molecule has 0 radical (unpaired) electrons. The van der Waals surface area contributed by atoms with Crippen LogP contribution >= 0.6 is 11.5 Å². The highest BCUT2D eigenvalue weighted by atomic mass is 32.1. The standard InChI is InChI=1S/C12H10N4OS/c17-12(10-8-18-15-14-10)11-6-7-13-16(11)9-4-2-1-3-5-9/h1-8,12,17H. The Morgan fingerprint density at radius 2 is 2.00 bits per heavy atom. The second-order valence-electron chi connectivity index (χ2n) is 3.74. The number of benzene rings is 1. The van der Waals surface area contributed by atoms with Crippen molar-refractivity contribution >= 4 is 11.5 Å². The van der Waals surface area contributed by atoms with Crippen LogP contribution in [0.2, 0.25) is 0 Å². The maximum atomic E-state index is 10.3. The summed E-state index contributed by atoms with van der Waals surface area (Å²) in [6, 6.07) is 11.4. The number of para-hydroxylation sites is 1. The lowest BCUT2D eigenvalue weighted by molar-refractivity contribution is 0.207. The van der Waals surface area contributed by atoms with Gasteiger partial charge in [-0.1, -0.05) is 22.7 Å². The van der Waals surface area contributed by atoms with Crippen LogP contribution < -0.4 is 0 Å². The Labute approximate surface area is 108 Å². The second-order valence-corrected chi connectivity index (χ2v) is 4.35. The summed E-state index contributed by atoms with van der Waals surface area (Å²) in [5.41, 5.74) is 2.12. The van der Waals surface area contributed by atoms with Gasteiger partial charge in [0, 0.05) is 11.6 Å². The average Bonchev–Trinajstić information content (AvgIpc) is 3.10. The maximum absolute atomic E-state index is 10.3. The van der Waals surface area contributed by atoms with Gasteiger partial charge in [0.1, 0.15) is 11.8 Å². The monoisotopic (exact) mass is 258 g/mol. The van der Waals surface area contributed by atoms with Crippen molar-refractivity contribution in [1.82, 2.24) is 19.4 Å². The van der Waals surface area contributed by atoms with E-state index in [1.54, 1.807) is 22.3 Å². The van der Waals surface area contributed by atoms with Gasteiger partial charge in [0.2, 0.25) is 0 Å². The van der Waals surface area contributed by atoms with Crippen LogP contribution in [-0.4, -0.2) is 24.5 Å². The molecule has 1 atom stereocenters. The molecule has 0 aliphatic heterocycles. The van der Waals surface area contributed by atoms with Gasteiger partial charge >= 0.3 is 0 Å². The molecule has 2 heterocycles. The van der Waals surface area contributed by atoms with Gasteiger partial charge in [-0.15, -0.1) is 5.10 Å². The number of aliphatic hydroxyl groups excluding tert-OH is 1. The van der Waals surface area contributed by atoms with Crippen LogP contribution in [0.1, 0.15) is 17.5 Å². The third kappa shape index (κ3) is 1.92. The Morgan fingerprint density at radius 3 is 2.72 bits per heavy atom. The molecule has 2 aromatic heterocycles. The van der Waals surface area contributed by atoms with Crippen LogP contribution in [0.3, 0.4) is 0 Å². The predicted octanol–water partition coefficient (Wildman–Crippen LogP) is 1.81. The fraction of sp³-hybridized carbons (Fsp3) is 0.0833. The van der Waals surface area contributed by atoms with E-state index in [9.17, 15) is 5.11 Å². The zero-order valence-electron chi connectivity index (χ0n) is 9.34. The Kier molecular flexibility index (Phi) is 2.87. The summed E-state index contributed by atoms with van der Waals surface area (Å²) >= 11 is 1.22. The number of hydrogen-bond acceptors (Lipinski definition) is 5. The van der Waals surface area contributed by atoms with Crippen LogP contribution in [0.4, 0.5) is 0 Å². The van der Waals surface area contributed by atoms with E-state index in [0.29, 0.717) is 11.4 Å². The smallest absolute Gasteiger partial charge is 0.141 e. The van der Waals surface area contributed by atoms with E-state index in [1.807, 2.05) is 30.3 Å². The first kappa shape index (κ1) is 11.1. The van der Waals surface area contributed by atoms with E-state index in [1.165, 1.54) is 11.5 Å². The third-order valence-electron chi connectivity index (χ3n) is 2.61. The molecule has 90 valence electrons. The topological polar surface area (TPSA) is 63.8 Å². The number of rotatable bonds is 3. The molecule has 3 aromatic rings. The predicted molar refractivity (Wildman–Crippen MR) is 67.5 cm³/mol. The van der Waals surface area contributed by atoms with E-state index in [-0.39, 0.29) is 0 Å². The van der Waals surface area contributed by atoms with Crippen molar-refractivity contribution in [2.24, 2.45) is 0 Å². The quantitative estimate of drug-likeness (QED) is 0.778. The molecule has 6 heteroatoms. The van der Waals surface area contributed by atoms with Crippen molar-refractivity contribution in [3.05, 3.63) is 59.4 Å². The van der Waals surface area contributed by atoms with Gasteiger partial charge < -0.3 is 5.11 Å². The van der Waals surface area contributed by atoms with Crippen molar-refractivity contribution in [3.8, 4) is 5.69 Å². The molecular weight excluding hydrogens is 248 g/mol. The highest BCUT2D eigenvalue weighted by molar-refractivity contribution is 7.03. The zero-order chi connectivity index (χ0) is 12.4. The van der Waals surface area contributed by atoms with E-state index < -0.39 is 6.10 Å². The largest absolute Gasteiger partial charge is 0.380 e. The van der Waals surface area contributed by atoms with Crippen molar-refractivity contribution in [2.45, 2.75) is 6.10 Å². The SMILES string of the molecule is OC(c1csnn1)c1ccnn1-c1ccccc1. The highest BCUT2D eigenvalue weighted by Gasteiger charge is 2.18. The van der Waals surface area contributed by atoms with Crippen LogP contribution in [0, 0.1) is 0 Å². The van der Waals surface area contributed by atoms with Crippen molar-refractivity contribution < 1.29 is 5.11 Å². The number of nitrogens with zero attached hydrogens (tertiary/aromatic N) is 4. The molecule has 0 aliphatic carbocycles. The molecule has 1 unspecified atom stereocenters. The lowest BCUT2D eigenvalue weighted by Crippen LogP contribution is -2.08. The summed E-state index contributed by atoms with van der Waals surface area (Å²) in [5, 5.41) is 20.1. The Balaban J connectivity index is 2.02. The summed E-state index contributed by atoms with van der Waals surface area (Å²) in [4.78, 5) is 0. The number of aromatic nitrogens is 4. The first-order valence-corrected chi connectivity index (χ1v) is 6.24. The van der Waals surface area contributed by atoms with E-state index in [2.05, 4.69) is 14.7 Å². The fourth-order valence-corrected chi connectivity index (χ4v) is 2.22. The summed E-state index contributed by atoms with van der Waals surface area (Å²) in [5.74, 6) is 0. The van der Waals surface area contributed by atoms with Gasteiger partial charge in [-0.2, -0.15) is 5.10 Å². The summed E-state index contributed by atoms with van der Waals surface area (Å²) in [7, 11) is 0. The van der Waals surface area contributed by atoms with Gasteiger partial charge in [-0.25, -0.2) is 4.68 Å². The molecule has 0 fully saturated rings. The normalized spacial score (nSPS) is 12.5. The van der Waals surface area contributed by atoms with E-state index in [0.717, 1.165) is 5.69 Å². The Hall–Kier alpha value is -2.05. The van der Waals surface area contributed by atoms with Crippen LogP contribution in [0.15, 0.2) is 48.0 Å². The lowest BCUT2D eigenvalue weighted by atomic mass is 10.2. The molecule has 1 N–H and O–H groups in total. The second kappa shape index (κ2) is 4.67. The van der Waals surface area contributed by atoms with Crippen molar-refractivity contribution in [3.63, 3.8) is 0 Å². The molecule has 0 saturated carbocycles. The minimum Gasteiger partial charge on any atom is -0.380 e. The summed E-state index contributed by atoms with van der Waals surface area (Å²) in [6.07, 6.45) is 0.845. The fourth-order valence-electron chi connectivity index (χ4n) is 1.75. The summed E-state index contributed by atoms with van der Waals surface area (Å²) < 4.78 is 5.46. The molecule has 18 heavy (non-hydrogen) atoms. The van der Waals surface area contributed by atoms with Gasteiger partial charge in [0.05, 0.1) is 11.4 Å². The maximum Gasteiger partial charge on any atom is 0.141 e. The van der Waals surface area contributed by atoms with E-state index >= 15 is 0 Å². The average molecular weight is 258 g/mol. The van der Waals surface area contributed by atoms with E-state index in [4.69, 9.17) is 0 Å². The molecule has 0 bridgehead atoms. The zero-order valence-corrected chi connectivity index (χ0v) is 10.2. The minimum absolute atomic E-state index is 0.540. The molecule has 1 aromatic carbocycles. The Bertz CT molecular complexity index is 621.